The summed E-state index contributed by atoms with van der Waals surface area (Å²) in [6.45, 7) is 0.875. The Bertz CT molecular complexity index is 969. The first-order chi connectivity index (χ1) is 13.5. The van der Waals surface area contributed by atoms with Gasteiger partial charge in [-0.15, -0.1) is 0 Å². The fourth-order valence-electron chi connectivity index (χ4n) is 4.31. The Hall–Kier alpha value is -2.70. The van der Waals surface area contributed by atoms with Crippen molar-refractivity contribution in [2.24, 2.45) is 0 Å². The number of amides is 1. The first-order valence-electron chi connectivity index (χ1n) is 9.54. The van der Waals surface area contributed by atoms with E-state index in [1.807, 2.05) is 68.7 Å². The van der Waals surface area contributed by atoms with Gasteiger partial charge in [-0.25, -0.2) is 0 Å². The Kier molecular flexibility index (Phi) is 4.91. The molecule has 1 amide bonds. The number of para-hydroxylation sites is 1. The molecule has 4 rings (SSSR count). The van der Waals surface area contributed by atoms with Gasteiger partial charge < -0.3 is 14.5 Å². The number of aliphatic hydroxyl groups excluding tert-OH is 1. The van der Waals surface area contributed by atoms with Crippen molar-refractivity contribution in [3.63, 3.8) is 0 Å². The van der Waals surface area contributed by atoms with E-state index < -0.39 is 11.6 Å². The van der Waals surface area contributed by atoms with Gasteiger partial charge in [0, 0.05) is 18.5 Å². The SMILES string of the molecule is CN(C)[C@]1(c2ccccc2)CCN(C(=O)Cc2noc3ccccc23)C[C@H]1O. The number of piperidine rings is 1. The topological polar surface area (TPSA) is 69.8 Å². The molecule has 1 aliphatic rings. The van der Waals surface area contributed by atoms with Gasteiger partial charge in [0.2, 0.25) is 5.91 Å². The van der Waals surface area contributed by atoms with E-state index >= 15 is 0 Å². The zero-order valence-electron chi connectivity index (χ0n) is 16.2. The molecule has 0 bridgehead atoms. The minimum atomic E-state index is -0.684. The number of fused-ring (bicyclic) bond motifs is 1. The van der Waals surface area contributed by atoms with Gasteiger partial charge in [0.15, 0.2) is 5.58 Å². The number of carbonyl (C=O) groups is 1. The monoisotopic (exact) mass is 379 g/mol. The van der Waals surface area contributed by atoms with Crippen LogP contribution in [0.5, 0.6) is 0 Å². The van der Waals surface area contributed by atoms with Crippen LogP contribution in [0.4, 0.5) is 0 Å². The quantitative estimate of drug-likeness (QED) is 0.754. The number of aromatic nitrogens is 1. The van der Waals surface area contributed by atoms with Crippen molar-refractivity contribution >= 4 is 16.9 Å². The van der Waals surface area contributed by atoms with Gasteiger partial charge in [0.1, 0.15) is 5.69 Å². The van der Waals surface area contributed by atoms with Gasteiger partial charge in [0.05, 0.1) is 18.1 Å². The fourth-order valence-corrected chi connectivity index (χ4v) is 4.31. The summed E-state index contributed by atoms with van der Waals surface area (Å²) in [4.78, 5) is 16.7. The van der Waals surface area contributed by atoms with Crippen molar-refractivity contribution in [1.29, 1.82) is 0 Å². The second-order valence-corrected chi connectivity index (χ2v) is 7.59. The fraction of sp³-hybridized carbons (Fsp3) is 0.364. The minimum Gasteiger partial charge on any atom is -0.389 e. The van der Waals surface area contributed by atoms with Crippen molar-refractivity contribution in [3.05, 3.63) is 65.9 Å². The Morgan fingerprint density at radius 2 is 1.93 bits per heavy atom. The van der Waals surface area contributed by atoms with Gasteiger partial charge in [-0.3, -0.25) is 9.69 Å². The number of hydrogen-bond donors (Lipinski definition) is 1. The molecule has 1 N–H and O–H groups in total. The van der Waals surface area contributed by atoms with Crippen LogP contribution in [0.3, 0.4) is 0 Å². The maximum absolute atomic E-state index is 12.9. The molecule has 1 fully saturated rings. The highest BCUT2D eigenvalue weighted by Gasteiger charge is 2.46. The molecule has 6 heteroatoms. The third-order valence-corrected chi connectivity index (χ3v) is 5.90. The number of aliphatic hydroxyl groups is 1. The predicted octanol–water partition coefficient (Wildman–Crippen LogP) is 2.42. The van der Waals surface area contributed by atoms with Crippen LogP contribution in [0.1, 0.15) is 17.7 Å². The number of rotatable bonds is 4. The van der Waals surface area contributed by atoms with Crippen LogP contribution in [0, 0.1) is 0 Å². The Labute approximate surface area is 164 Å². The van der Waals surface area contributed by atoms with E-state index in [-0.39, 0.29) is 12.3 Å². The number of β-amino-alcohol motifs (C(OH)–C–C–N with tert-alkyl or cyclic N) is 1. The van der Waals surface area contributed by atoms with E-state index in [4.69, 9.17) is 4.52 Å². The second kappa shape index (κ2) is 7.37. The van der Waals surface area contributed by atoms with Crippen molar-refractivity contribution in [1.82, 2.24) is 15.0 Å². The first kappa shape index (κ1) is 18.7. The smallest absolute Gasteiger partial charge is 0.228 e. The Balaban J connectivity index is 1.52. The maximum Gasteiger partial charge on any atom is 0.228 e. The van der Waals surface area contributed by atoms with E-state index in [1.165, 1.54) is 0 Å². The summed E-state index contributed by atoms with van der Waals surface area (Å²) in [5, 5.41) is 16.0. The lowest BCUT2D eigenvalue weighted by atomic mass is 9.77. The van der Waals surface area contributed by atoms with Crippen LogP contribution in [0.2, 0.25) is 0 Å². The van der Waals surface area contributed by atoms with Gasteiger partial charge >= 0.3 is 0 Å². The standard InChI is InChI=1S/C22H25N3O3/c1-24(2)22(16-8-4-3-5-9-16)12-13-25(15-20(22)26)21(27)14-18-17-10-6-7-11-19(17)28-23-18/h3-11,20,26H,12-15H2,1-2H3/t20-,22+/m1/s1. The van der Waals surface area contributed by atoms with Gasteiger partial charge in [-0.1, -0.05) is 47.6 Å². The van der Waals surface area contributed by atoms with Gasteiger partial charge in [-0.05, 0) is 38.2 Å². The van der Waals surface area contributed by atoms with Crippen LogP contribution in [0.15, 0.2) is 59.1 Å². The van der Waals surface area contributed by atoms with Crippen LogP contribution in [-0.4, -0.2) is 59.3 Å². The number of carbonyl (C=O) groups excluding carboxylic acids is 1. The molecule has 0 radical (unpaired) electrons. The molecule has 3 aromatic rings. The highest BCUT2D eigenvalue weighted by Crippen LogP contribution is 2.37. The van der Waals surface area contributed by atoms with E-state index in [9.17, 15) is 9.90 Å². The summed E-state index contributed by atoms with van der Waals surface area (Å²) in [6, 6.07) is 17.6. The molecule has 2 aromatic carbocycles. The lowest BCUT2D eigenvalue weighted by Gasteiger charge is -2.49. The average molecular weight is 379 g/mol. The van der Waals surface area contributed by atoms with Gasteiger partial charge in [0.25, 0.3) is 0 Å². The van der Waals surface area contributed by atoms with Crippen LogP contribution >= 0.6 is 0 Å². The molecule has 0 saturated carbocycles. The third kappa shape index (κ3) is 3.08. The lowest BCUT2D eigenvalue weighted by Crippen LogP contribution is -2.61. The zero-order chi connectivity index (χ0) is 19.7. The Morgan fingerprint density at radius 3 is 2.64 bits per heavy atom. The van der Waals surface area contributed by atoms with Crippen LogP contribution in [0.25, 0.3) is 11.0 Å². The molecule has 1 aliphatic heterocycles. The summed E-state index contributed by atoms with van der Waals surface area (Å²) in [5.41, 5.74) is 1.89. The maximum atomic E-state index is 12.9. The molecule has 0 unspecified atom stereocenters. The first-order valence-corrected chi connectivity index (χ1v) is 9.54. The summed E-state index contributed by atoms with van der Waals surface area (Å²) in [5.74, 6) is -0.0430. The number of likely N-dealkylation sites (N-methyl/N-ethyl adjacent to an activating group) is 1. The number of nitrogens with zero attached hydrogens (tertiary/aromatic N) is 3. The van der Waals surface area contributed by atoms with E-state index in [2.05, 4.69) is 10.1 Å². The second-order valence-electron chi connectivity index (χ2n) is 7.59. The van der Waals surface area contributed by atoms with E-state index in [0.717, 1.165) is 10.9 Å². The average Bonchev–Trinajstić information content (AvgIpc) is 3.11. The number of likely N-dealkylation sites (tertiary alicyclic amines) is 1. The molecular weight excluding hydrogens is 354 g/mol. The third-order valence-electron chi connectivity index (χ3n) is 5.90. The van der Waals surface area contributed by atoms with E-state index in [0.29, 0.717) is 30.8 Å². The molecule has 2 heterocycles. The molecule has 28 heavy (non-hydrogen) atoms. The van der Waals surface area contributed by atoms with Crippen molar-refractivity contribution < 1.29 is 14.4 Å². The summed E-state index contributed by atoms with van der Waals surface area (Å²) < 4.78 is 5.30. The summed E-state index contributed by atoms with van der Waals surface area (Å²) >= 11 is 0. The molecule has 0 spiro atoms. The van der Waals surface area contributed by atoms with Crippen LogP contribution in [-0.2, 0) is 16.8 Å². The Morgan fingerprint density at radius 1 is 1.21 bits per heavy atom. The molecule has 1 saturated heterocycles. The molecule has 6 nitrogen and oxygen atoms in total. The lowest BCUT2D eigenvalue weighted by molar-refractivity contribution is -0.140. The zero-order valence-corrected chi connectivity index (χ0v) is 16.2. The molecular formula is C22H25N3O3. The normalized spacial score (nSPS) is 22.7. The van der Waals surface area contributed by atoms with Crippen molar-refractivity contribution in [3.8, 4) is 0 Å². The summed E-state index contributed by atoms with van der Waals surface area (Å²) in [7, 11) is 3.96. The van der Waals surface area contributed by atoms with Gasteiger partial charge in [-0.2, -0.15) is 0 Å². The number of benzene rings is 2. The predicted molar refractivity (Wildman–Crippen MR) is 107 cm³/mol. The molecule has 146 valence electrons. The van der Waals surface area contributed by atoms with Crippen molar-refractivity contribution in [2.45, 2.75) is 24.5 Å². The molecule has 2 atom stereocenters. The minimum absolute atomic E-state index is 0.0430. The molecule has 0 aliphatic carbocycles. The highest BCUT2D eigenvalue weighted by atomic mass is 16.5. The highest BCUT2D eigenvalue weighted by molar-refractivity contribution is 5.86. The van der Waals surface area contributed by atoms with Crippen molar-refractivity contribution in [2.75, 3.05) is 27.2 Å². The molecule has 1 aromatic heterocycles. The van der Waals surface area contributed by atoms with E-state index in [1.54, 1.807) is 4.90 Å². The number of hydrogen-bond acceptors (Lipinski definition) is 5. The largest absolute Gasteiger partial charge is 0.389 e. The summed E-state index contributed by atoms with van der Waals surface area (Å²) in [6.07, 6.45) is 0.150. The van der Waals surface area contributed by atoms with Crippen LogP contribution < -0.4 is 0 Å².